The van der Waals surface area contributed by atoms with Crippen molar-refractivity contribution in [2.45, 2.75) is 19.8 Å². The Morgan fingerprint density at radius 2 is 2.05 bits per heavy atom. The van der Waals surface area contributed by atoms with Crippen LogP contribution < -0.4 is 5.32 Å². The van der Waals surface area contributed by atoms with Crippen LogP contribution >= 0.6 is 0 Å². The Morgan fingerprint density at radius 1 is 1.35 bits per heavy atom. The highest BCUT2D eigenvalue weighted by atomic mass is 19.1. The molecule has 0 aliphatic heterocycles. The molecule has 0 saturated heterocycles. The summed E-state index contributed by atoms with van der Waals surface area (Å²) in [7, 11) is 0. The van der Waals surface area contributed by atoms with Crippen LogP contribution in [0.5, 0.6) is 0 Å². The predicted molar refractivity (Wildman–Crippen MR) is 70.3 cm³/mol. The minimum Gasteiger partial charge on any atom is -0.352 e. The molecule has 1 amide bonds. The van der Waals surface area contributed by atoms with Gasteiger partial charge in [-0.3, -0.25) is 9.89 Å². The van der Waals surface area contributed by atoms with E-state index in [0.717, 1.165) is 29.8 Å². The highest BCUT2D eigenvalue weighted by Crippen LogP contribution is 2.11. The number of benzene rings is 1. The van der Waals surface area contributed by atoms with Gasteiger partial charge >= 0.3 is 0 Å². The molecule has 0 saturated carbocycles. The quantitative estimate of drug-likeness (QED) is 0.825. The van der Waals surface area contributed by atoms with E-state index in [4.69, 9.17) is 0 Å². The number of H-pyrrole nitrogens is 1. The number of amides is 1. The molecule has 1 heterocycles. The van der Waals surface area contributed by atoms with Gasteiger partial charge in [-0.1, -0.05) is 6.07 Å². The molecular formula is C14H15F2N3O. The lowest BCUT2D eigenvalue weighted by Crippen LogP contribution is -2.26. The summed E-state index contributed by atoms with van der Waals surface area (Å²) in [6, 6.07) is 3.35. The van der Waals surface area contributed by atoms with E-state index >= 15 is 0 Å². The van der Waals surface area contributed by atoms with Crippen molar-refractivity contribution in [2.75, 3.05) is 6.54 Å². The number of nitrogens with one attached hydrogen (secondary N) is 2. The van der Waals surface area contributed by atoms with Crippen LogP contribution in [0.4, 0.5) is 8.78 Å². The zero-order valence-corrected chi connectivity index (χ0v) is 11.0. The van der Waals surface area contributed by atoms with Gasteiger partial charge in [0.15, 0.2) is 0 Å². The van der Waals surface area contributed by atoms with Crippen molar-refractivity contribution in [2.24, 2.45) is 0 Å². The Labute approximate surface area is 115 Å². The maximum Gasteiger partial charge on any atom is 0.257 e. The van der Waals surface area contributed by atoms with Gasteiger partial charge in [0.25, 0.3) is 5.91 Å². The lowest BCUT2D eigenvalue weighted by molar-refractivity contribution is 0.0945. The first-order valence-corrected chi connectivity index (χ1v) is 6.30. The molecule has 0 aliphatic rings. The number of carbonyl (C=O) groups excluding carboxylic acids is 1. The number of rotatable bonds is 5. The molecule has 2 rings (SSSR count). The lowest BCUT2D eigenvalue weighted by atomic mass is 10.1. The SMILES string of the molecule is Cc1[nH]ncc1CCCNC(=O)c1c(F)cccc1F. The number of hydrogen-bond donors (Lipinski definition) is 2. The molecule has 0 aliphatic carbocycles. The number of halogens is 2. The Kier molecular flexibility index (Phi) is 4.45. The molecule has 0 atom stereocenters. The first kappa shape index (κ1) is 14.2. The molecule has 1 aromatic heterocycles. The van der Waals surface area contributed by atoms with Crippen LogP contribution in [0, 0.1) is 18.6 Å². The Bertz CT molecular complexity index is 590. The van der Waals surface area contributed by atoms with Crippen LogP contribution in [0.25, 0.3) is 0 Å². The topological polar surface area (TPSA) is 57.8 Å². The van der Waals surface area contributed by atoms with Crippen molar-refractivity contribution in [1.29, 1.82) is 0 Å². The summed E-state index contributed by atoms with van der Waals surface area (Å²) in [6.45, 7) is 2.26. The Morgan fingerprint density at radius 3 is 2.65 bits per heavy atom. The summed E-state index contributed by atoms with van der Waals surface area (Å²) in [5.74, 6) is -2.44. The normalized spacial score (nSPS) is 10.6. The van der Waals surface area contributed by atoms with E-state index in [0.29, 0.717) is 13.0 Å². The van der Waals surface area contributed by atoms with Crippen molar-refractivity contribution >= 4 is 5.91 Å². The van der Waals surface area contributed by atoms with E-state index in [-0.39, 0.29) is 0 Å². The average Bonchev–Trinajstić information content (AvgIpc) is 2.80. The van der Waals surface area contributed by atoms with Gasteiger partial charge in [0.05, 0.1) is 6.20 Å². The third-order valence-corrected chi connectivity index (χ3v) is 3.03. The minimum atomic E-state index is -0.854. The molecule has 0 bridgehead atoms. The molecule has 2 N–H and O–H groups in total. The average molecular weight is 279 g/mol. The van der Waals surface area contributed by atoms with E-state index in [1.165, 1.54) is 6.07 Å². The predicted octanol–water partition coefficient (Wildman–Crippen LogP) is 2.36. The van der Waals surface area contributed by atoms with Crippen molar-refractivity contribution in [3.05, 3.63) is 52.9 Å². The van der Waals surface area contributed by atoms with Crippen LogP contribution in [-0.4, -0.2) is 22.6 Å². The van der Waals surface area contributed by atoms with Gasteiger partial charge in [0.1, 0.15) is 17.2 Å². The molecule has 2 aromatic rings. The molecule has 4 nitrogen and oxygen atoms in total. The van der Waals surface area contributed by atoms with Gasteiger partial charge in [-0.2, -0.15) is 5.10 Å². The van der Waals surface area contributed by atoms with Crippen LogP contribution in [0.1, 0.15) is 28.0 Å². The summed E-state index contributed by atoms with van der Waals surface area (Å²) in [5.41, 5.74) is 1.51. The van der Waals surface area contributed by atoms with Gasteiger partial charge in [-0.25, -0.2) is 8.78 Å². The third kappa shape index (κ3) is 3.20. The van der Waals surface area contributed by atoms with Crippen molar-refractivity contribution in [3.63, 3.8) is 0 Å². The molecule has 6 heteroatoms. The van der Waals surface area contributed by atoms with Crippen LogP contribution in [0.2, 0.25) is 0 Å². The monoisotopic (exact) mass is 279 g/mol. The van der Waals surface area contributed by atoms with E-state index in [2.05, 4.69) is 15.5 Å². The second kappa shape index (κ2) is 6.27. The number of aromatic nitrogens is 2. The first-order chi connectivity index (χ1) is 9.59. The van der Waals surface area contributed by atoms with Crippen LogP contribution in [0.3, 0.4) is 0 Å². The molecule has 1 aromatic carbocycles. The van der Waals surface area contributed by atoms with E-state index in [1.807, 2.05) is 6.92 Å². The van der Waals surface area contributed by atoms with E-state index < -0.39 is 23.1 Å². The van der Waals surface area contributed by atoms with Crippen molar-refractivity contribution < 1.29 is 13.6 Å². The Balaban J connectivity index is 1.85. The van der Waals surface area contributed by atoms with Gasteiger partial charge in [0, 0.05) is 12.2 Å². The summed E-state index contributed by atoms with van der Waals surface area (Å²) >= 11 is 0. The molecule has 0 unspecified atom stereocenters. The number of hydrogen-bond acceptors (Lipinski definition) is 2. The standard InChI is InChI=1S/C14H15F2N3O/c1-9-10(8-18-19-9)4-3-7-17-14(20)13-11(15)5-2-6-12(13)16/h2,5-6,8H,3-4,7H2,1H3,(H,17,20)(H,18,19). The van der Waals surface area contributed by atoms with Crippen LogP contribution in [-0.2, 0) is 6.42 Å². The zero-order valence-electron chi connectivity index (χ0n) is 11.0. The summed E-state index contributed by atoms with van der Waals surface area (Å²) in [4.78, 5) is 11.7. The van der Waals surface area contributed by atoms with Crippen molar-refractivity contribution in [1.82, 2.24) is 15.5 Å². The van der Waals surface area contributed by atoms with Crippen molar-refractivity contribution in [3.8, 4) is 0 Å². The zero-order chi connectivity index (χ0) is 14.5. The summed E-state index contributed by atoms with van der Waals surface area (Å²) < 4.78 is 26.7. The molecule has 0 fully saturated rings. The van der Waals surface area contributed by atoms with Gasteiger partial charge < -0.3 is 5.32 Å². The Hall–Kier alpha value is -2.24. The summed E-state index contributed by atoms with van der Waals surface area (Å²) in [5, 5.41) is 9.23. The molecule has 106 valence electrons. The maximum absolute atomic E-state index is 13.4. The van der Waals surface area contributed by atoms with Crippen LogP contribution in [0.15, 0.2) is 24.4 Å². The van der Waals surface area contributed by atoms with E-state index in [1.54, 1.807) is 6.20 Å². The number of nitrogens with zero attached hydrogens (tertiary/aromatic N) is 1. The highest BCUT2D eigenvalue weighted by molar-refractivity contribution is 5.94. The smallest absolute Gasteiger partial charge is 0.257 e. The van der Waals surface area contributed by atoms with Gasteiger partial charge in [-0.05, 0) is 37.5 Å². The molecule has 0 spiro atoms. The lowest BCUT2D eigenvalue weighted by Gasteiger charge is -2.06. The molecular weight excluding hydrogens is 264 g/mol. The minimum absolute atomic E-state index is 0.344. The highest BCUT2D eigenvalue weighted by Gasteiger charge is 2.16. The maximum atomic E-state index is 13.4. The number of aryl methyl sites for hydroxylation is 2. The fraction of sp³-hybridized carbons (Fsp3) is 0.286. The fourth-order valence-electron chi connectivity index (χ4n) is 1.91. The second-order valence-electron chi connectivity index (χ2n) is 4.48. The fourth-order valence-corrected chi connectivity index (χ4v) is 1.91. The van der Waals surface area contributed by atoms with Gasteiger partial charge in [-0.15, -0.1) is 0 Å². The summed E-state index contributed by atoms with van der Waals surface area (Å²) in [6.07, 6.45) is 3.14. The molecule has 20 heavy (non-hydrogen) atoms. The largest absolute Gasteiger partial charge is 0.352 e. The number of carbonyl (C=O) groups is 1. The third-order valence-electron chi connectivity index (χ3n) is 3.03. The number of aromatic amines is 1. The van der Waals surface area contributed by atoms with E-state index in [9.17, 15) is 13.6 Å². The first-order valence-electron chi connectivity index (χ1n) is 6.30. The second-order valence-corrected chi connectivity index (χ2v) is 4.48. The van der Waals surface area contributed by atoms with Gasteiger partial charge in [0.2, 0.25) is 0 Å². The molecule has 0 radical (unpaired) electrons.